The van der Waals surface area contributed by atoms with Crippen LogP contribution in [0.2, 0.25) is 0 Å². The average molecular weight is 572 g/mol. The summed E-state index contributed by atoms with van der Waals surface area (Å²) in [4.78, 5) is 45.1. The second-order valence-corrected chi connectivity index (χ2v) is 11.6. The molecule has 1 aromatic carbocycles. The lowest BCUT2D eigenvalue weighted by molar-refractivity contribution is -0.139. The fraction of sp³-hybridized carbons (Fsp3) is 0.429. The number of rotatable bonds is 8. The Morgan fingerprint density at radius 3 is 2.54 bits per heavy atom. The number of amides is 1. The van der Waals surface area contributed by atoms with Crippen LogP contribution < -0.4 is 11.1 Å². The van der Waals surface area contributed by atoms with E-state index in [4.69, 9.17) is 19.9 Å². The van der Waals surface area contributed by atoms with Gasteiger partial charge in [0.25, 0.3) is 0 Å². The number of nitrogens with one attached hydrogen (secondary N) is 1. The summed E-state index contributed by atoms with van der Waals surface area (Å²) in [7, 11) is 2.84. The number of aryl methyl sites for hydroxylation is 3. The molecule has 4 rings (SSSR count). The van der Waals surface area contributed by atoms with Crippen molar-refractivity contribution in [1.29, 1.82) is 0 Å². The number of benzene rings is 1. The van der Waals surface area contributed by atoms with Crippen LogP contribution in [-0.2, 0) is 36.6 Å². The summed E-state index contributed by atoms with van der Waals surface area (Å²) < 4.78 is 15.4. The maximum atomic E-state index is 13.6. The molecule has 11 heteroatoms. The Hall–Kier alpha value is -3.15. The van der Waals surface area contributed by atoms with E-state index in [1.165, 1.54) is 25.6 Å². The van der Waals surface area contributed by atoms with Crippen LogP contribution in [-0.4, -0.2) is 55.6 Å². The highest BCUT2D eigenvalue weighted by Crippen LogP contribution is 2.40. The first-order valence-electron chi connectivity index (χ1n) is 12.8. The van der Waals surface area contributed by atoms with Crippen LogP contribution in [0.1, 0.15) is 51.2 Å². The van der Waals surface area contributed by atoms with Gasteiger partial charge >= 0.3 is 11.9 Å². The standard InChI is InChI=1S/C28H33N3O6S2/c1-15-10-11-17(14-16(15)2)30-26-21(28(34)37-13-12-35-3)22(29)23(39-26)24(32)31-25-20(27(33)36-4)18-8-6-5-7-9-19(18)38-25/h10-11,14,23H,5-9,12-13,29H2,1-4H3,(H,31,32)/t23-/m1/s1. The first-order chi connectivity index (χ1) is 18.7. The third kappa shape index (κ3) is 6.37. The van der Waals surface area contributed by atoms with Crippen molar-refractivity contribution < 1.29 is 28.6 Å². The van der Waals surface area contributed by atoms with Gasteiger partial charge in [0, 0.05) is 17.7 Å². The number of anilines is 1. The molecule has 208 valence electrons. The van der Waals surface area contributed by atoms with Gasteiger partial charge in [-0.05, 0) is 68.4 Å². The fourth-order valence-corrected chi connectivity index (χ4v) is 6.89. The van der Waals surface area contributed by atoms with E-state index in [0.717, 1.165) is 65.4 Å². The van der Waals surface area contributed by atoms with E-state index in [1.807, 2.05) is 32.0 Å². The summed E-state index contributed by atoms with van der Waals surface area (Å²) in [5.74, 6) is -1.61. The van der Waals surface area contributed by atoms with E-state index in [-0.39, 0.29) is 24.5 Å². The molecular weight excluding hydrogens is 538 g/mol. The maximum Gasteiger partial charge on any atom is 0.342 e. The first kappa shape index (κ1) is 28.8. The smallest absolute Gasteiger partial charge is 0.342 e. The number of methoxy groups -OCH3 is 2. The number of thiophene rings is 1. The lowest BCUT2D eigenvalue weighted by Gasteiger charge is -2.12. The van der Waals surface area contributed by atoms with Crippen molar-refractivity contribution in [3.8, 4) is 0 Å². The summed E-state index contributed by atoms with van der Waals surface area (Å²) in [6.45, 7) is 4.23. The molecule has 0 fully saturated rings. The van der Waals surface area contributed by atoms with Gasteiger partial charge in [-0.3, -0.25) is 4.79 Å². The van der Waals surface area contributed by atoms with Crippen molar-refractivity contribution in [1.82, 2.24) is 0 Å². The number of thioether (sulfide) groups is 1. The van der Waals surface area contributed by atoms with Crippen molar-refractivity contribution in [3.63, 3.8) is 0 Å². The molecular formula is C28H33N3O6S2. The largest absolute Gasteiger partial charge is 0.465 e. The van der Waals surface area contributed by atoms with Crippen molar-refractivity contribution in [2.45, 2.75) is 51.2 Å². The topological polar surface area (TPSA) is 129 Å². The molecule has 1 aliphatic heterocycles. The number of fused-ring (bicyclic) bond motifs is 1. The zero-order valence-electron chi connectivity index (χ0n) is 22.5. The minimum Gasteiger partial charge on any atom is -0.465 e. The van der Waals surface area contributed by atoms with Gasteiger partial charge in [0.1, 0.15) is 27.5 Å². The van der Waals surface area contributed by atoms with E-state index >= 15 is 0 Å². The Kier molecular flexibility index (Phi) is 9.47. The Morgan fingerprint density at radius 1 is 1.05 bits per heavy atom. The monoisotopic (exact) mass is 571 g/mol. The van der Waals surface area contributed by atoms with E-state index in [9.17, 15) is 14.4 Å². The molecule has 1 aromatic heterocycles. The number of carbonyl (C=O) groups is 3. The Bertz CT molecular complexity index is 1350. The number of hydrogen-bond donors (Lipinski definition) is 2. The van der Waals surface area contributed by atoms with E-state index in [0.29, 0.717) is 21.3 Å². The van der Waals surface area contributed by atoms with Gasteiger partial charge in [-0.1, -0.05) is 24.2 Å². The highest BCUT2D eigenvalue weighted by atomic mass is 32.2. The molecule has 39 heavy (non-hydrogen) atoms. The lowest BCUT2D eigenvalue weighted by Crippen LogP contribution is -2.29. The van der Waals surface area contributed by atoms with Crippen molar-refractivity contribution in [2.75, 3.05) is 32.8 Å². The molecule has 0 saturated heterocycles. The molecule has 1 atom stereocenters. The van der Waals surface area contributed by atoms with Gasteiger partial charge in [-0.25, -0.2) is 14.6 Å². The number of aliphatic imine (C=N–C) groups is 1. The number of nitrogens with two attached hydrogens (primary N) is 1. The van der Waals surface area contributed by atoms with Gasteiger partial charge in [-0.2, -0.15) is 0 Å². The molecule has 2 aromatic rings. The van der Waals surface area contributed by atoms with Gasteiger partial charge < -0.3 is 25.3 Å². The quantitative estimate of drug-likeness (QED) is 0.267. The summed E-state index contributed by atoms with van der Waals surface area (Å²) >= 11 is 2.48. The predicted octanol–water partition coefficient (Wildman–Crippen LogP) is 4.61. The van der Waals surface area contributed by atoms with Crippen LogP contribution in [0.3, 0.4) is 0 Å². The molecule has 0 saturated carbocycles. The van der Waals surface area contributed by atoms with Gasteiger partial charge in [0.15, 0.2) is 0 Å². The molecule has 1 aliphatic carbocycles. The first-order valence-corrected chi connectivity index (χ1v) is 14.5. The second kappa shape index (κ2) is 12.8. The summed E-state index contributed by atoms with van der Waals surface area (Å²) in [6.07, 6.45) is 4.71. The fourth-order valence-electron chi connectivity index (χ4n) is 4.50. The third-order valence-corrected chi connectivity index (χ3v) is 9.18. The number of hydrogen-bond acceptors (Lipinski definition) is 10. The number of nitrogens with zero attached hydrogens (tertiary/aromatic N) is 1. The van der Waals surface area contributed by atoms with Crippen LogP contribution in [0.5, 0.6) is 0 Å². The molecule has 0 unspecified atom stereocenters. The van der Waals surface area contributed by atoms with Gasteiger partial charge in [0.2, 0.25) is 5.91 Å². The maximum absolute atomic E-state index is 13.6. The molecule has 3 N–H and O–H groups in total. The van der Waals surface area contributed by atoms with Crippen LogP contribution >= 0.6 is 23.1 Å². The summed E-state index contributed by atoms with van der Waals surface area (Å²) in [6, 6.07) is 5.69. The van der Waals surface area contributed by atoms with Crippen molar-refractivity contribution in [3.05, 3.63) is 56.6 Å². The predicted molar refractivity (Wildman–Crippen MR) is 154 cm³/mol. The van der Waals surface area contributed by atoms with Crippen molar-refractivity contribution >= 4 is 56.7 Å². The van der Waals surface area contributed by atoms with E-state index in [1.54, 1.807) is 0 Å². The van der Waals surface area contributed by atoms with Crippen molar-refractivity contribution in [2.24, 2.45) is 10.7 Å². The van der Waals surface area contributed by atoms with E-state index in [2.05, 4.69) is 10.3 Å². The van der Waals surface area contributed by atoms with Crippen LogP contribution in [0.4, 0.5) is 10.7 Å². The average Bonchev–Trinajstić information content (AvgIpc) is 3.32. The molecule has 0 radical (unpaired) electrons. The molecule has 2 aliphatic rings. The lowest BCUT2D eigenvalue weighted by atomic mass is 10.1. The van der Waals surface area contributed by atoms with Gasteiger partial charge in [-0.15, -0.1) is 11.3 Å². The zero-order valence-corrected chi connectivity index (χ0v) is 24.2. The second-order valence-electron chi connectivity index (χ2n) is 9.39. The highest BCUT2D eigenvalue weighted by Gasteiger charge is 2.40. The Morgan fingerprint density at radius 2 is 1.82 bits per heavy atom. The summed E-state index contributed by atoms with van der Waals surface area (Å²) in [5, 5.41) is 2.71. The summed E-state index contributed by atoms with van der Waals surface area (Å²) in [5.41, 5.74) is 10.7. The highest BCUT2D eigenvalue weighted by molar-refractivity contribution is 8.16. The number of ether oxygens (including phenoxy) is 3. The molecule has 1 amide bonds. The van der Waals surface area contributed by atoms with Crippen LogP contribution in [0.25, 0.3) is 0 Å². The van der Waals surface area contributed by atoms with E-state index < -0.39 is 23.1 Å². The SMILES string of the molecule is COCCOC(=O)C1=C(N)[C@H](C(=O)Nc2sc3c(c2C(=O)OC)CCCCC3)SC1=Nc1ccc(C)c(C)c1. The van der Waals surface area contributed by atoms with Crippen LogP contribution in [0, 0.1) is 13.8 Å². The minimum atomic E-state index is -0.937. The molecule has 9 nitrogen and oxygen atoms in total. The molecule has 2 heterocycles. The third-order valence-electron chi connectivity index (χ3n) is 6.75. The Balaban J connectivity index is 1.66. The normalized spacial score (nSPS) is 18.1. The van der Waals surface area contributed by atoms with Crippen LogP contribution in [0.15, 0.2) is 34.5 Å². The Labute approximate surface area is 236 Å². The number of carbonyl (C=O) groups excluding carboxylic acids is 3. The zero-order chi connectivity index (χ0) is 28.1. The molecule has 0 bridgehead atoms. The molecule has 0 spiro atoms. The minimum absolute atomic E-state index is 0.0355. The number of esters is 2. The van der Waals surface area contributed by atoms with Gasteiger partial charge in [0.05, 0.1) is 25.0 Å².